The average molecular weight is 163 g/mol. The average Bonchev–Trinajstić information content (AvgIpc) is 2.08. The summed E-state index contributed by atoms with van der Waals surface area (Å²) in [6.07, 6.45) is -4.13. The predicted molar refractivity (Wildman–Crippen MR) is 36.5 cm³/mol. The van der Waals surface area contributed by atoms with E-state index in [0.717, 1.165) is 0 Å². The van der Waals surface area contributed by atoms with Gasteiger partial charge in [-0.2, -0.15) is 13.2 Å². The van der Waals surface area contributed by atoms with E-state index in [2.05, 4.69) is 0 Å². The first-order valence-electron chi connectivity index (χ1n) is 3.42. The first kappa shape index (κ1) is 8.91. The highest BCUT2D eigenvalue weighted by molar-refractivity contribution is 6.12. The summed E-state index contributed by atoms with van der Waals surface area (Å²) < 4.78 is 36.2. The molecule has 0 N–H and O–H groups in total. The van der Waals surface area contributed by atoms with E-state index >= 15 is 0 Å². The van der Waals surface area contributed by atoms with Gasteiger partial charge in [0.1, 0.15) is 0 Å². The standard InChI is InChI=1S/C6H9BF3N/c1-11-2-4(5(7)3-11)6(8,9)10/h4-5H,2-3H2,1H3. The van der Waals surface area contributed by atoms with Gasteiger partial charge >= 0.3 is 6.18 Å². The molecule has 1 aliphatic heterocycles. The van der Waals surface area contributed by atoms with Crippen molar-refractivity contribution in [1.82, 2.24) is 4.90 Å². The van der Waals surface area contributed by atoms with E-state index in [4.69, 9.17) is 7.85 Å². The van der Waals surface area contributed by atoms with Crippen molar-refractivity contribution in [3.05, 3.63) is 0 Å². The second-order valence-electron chi connectivity index (χ2n) is 3.03. The molecule has 0 amide bonds. The third kappa shape index (κ3) is 1.89. The maximum atomic E-state index is 12.1. The van der Waals surface area contributed by atoms with Crippen LogP contribution >= 0.6 is 0 Å². The lowest BCUT2D eigenvalue weighted by atomic mass is 9.79. The van der Waals surface area contributed by atoms with Gasteiger partial charge in [0.05, 0.1) is 13.8 Å². The number of halogens is 3. The molecule has 1 saturated heterocycles. The highest BCUT2D eigenvalue weighted by atomic mass is 19.4. The SMILES string of the molecule is [B]C1CN(C)CC1C(F)(F)F. The summed E-state index contributed by atoms with van der Waals surface area (Å²) in [5.41, 5.74) is 0. The fraction of sp³-hybridized carbons (Fsp3) is 1.00. The smallest absolute Gasteiger partial charge is 0.306 e. The van der Waals surface area contributed by atoms with E-state index in [1.807, 2.05) is 0 Å². The van der Waals surface area contributed by atoms with E-state index in [-0.39, 0.29) is 6.54 Å². The molecule has 2 radical (unpaired) electrons. The summed E-state index contributed by atoms with van der Waals surface area (Å²) in [6, 6.07) is 0. The fourth-order valence-electron chi connectivity index (χ4n) is 1.38. The Bertz CT molecular complexity index is 147. The summed E-state index contributed by atoms with van der Waals surface area (Å²) in [5.74, 6) is -2.09. The van der Waals surface area contributed by atoms with E-state index < -0.39 is 17.9 Å². The molecule has 0 saturated carbocycles. The predicted octanol–water partition coefficient (Wildman–Crippen LogP) is 1.07. The maximum Gasteiger partial charge on any atom is 0.392 e. The van der Waals surface area contributed by atoms with Crippen LogP contribution in [0.4, 0.5) is 13.2 Å². The van der Waals surface area contributed by atoms with E-state index in [0.29, 0.717) is 6.54 Å². The minimum absolute atomic E-state index is 0.0324. The van der Waals surface area contributed by atoms with E-state index in [9.17, 15) is 13.2 Å². The van der Waals surface area contributed by atoms with Gasteiger partial charge in [-0.05, 0) is 13.6 Å². The van der Waals surface area contributed by atoms with Crippen LogP contribution in [0, 0.1) is 5.92 Å². The maximum absolute atomic E-state index is 12.1. The van der Waals surface area contributed by atoms with E-state index in [1.54, 1.807) is 11.9 Å². The molecule has 0 bridgehead atoms. The summed E-state index contributed by atoms with van der Waals surface area (Å²) in [4.78, 5) is 1.60. The van der Waals surface area contributed by atoms with Crippen molar-refractivity contribution < 1.29 is 13.2 Å². The molecule has 0 aromatic rings. The highest BCUT2D eigenvalue weighted by Crippen LogP contribution is 2.38. The monoisotopic (exact) mass is 163 g/mol. The van der Waals surface area contributed by atoms with Gasteiger partial charge in [-0.25, -0.2) is 0 Å². The largest absolute Gasteiger partial charge is 0.392 e. The van der Waals surface area contributed by atoms with Gasteiger partial charge in [-0.1, -0.05) is 5.82 Å². The Morgan fingerprint density at radius 1 is 1.36 bits per heavy atom. The van der Waals surface area contributed by atoms with Crippen molar-refractivity contribution >= 4 is 7.85 Å². The third-order valence-corrected chi connectivity index (χ3v) is 1.97. The van der Waals surface area contributed by atoms with Crippen LogP contribution in [0.15, 0.2) is 0 Å². The van der Waals surface area contributed by atoms with Crippen LogP contribution in [-0.2, 0) is 0 Å². The topological polar surface area (TPSA) is 3.24 Å². The van der Waals surface area contributed by atoms with Crippen LogP contribution in [0.5, 0.6) is 0 Å². The molecule has 62 valence electrons. The van der Waals surface area contributed by atoms with Gasteiger partial charge in [0.2, 0.25) is 0 Å². The number of alkyl halides is 3. The molecule has 2 unspecified atom stereocenters. The van der Waals surface area contributed by atoms with Gasteiger partial charge in [0, 0.05) is 6.54 Å². The summed E-state index contributed by atoms with van der Waals surface area (Å²) in [6.45, 7) is 0.370. The van der Waals surface area contributed by atoms with Crippen LogP contribution < -0.4 is 0 Å². The van der Waals surface area contributed by atoms with Gasteiger partial charge in [-0.3, -0.25) is 0 Å². The minimum atomic E-state index is -4.13. The summed E-state index contributed by atoms with van der Waals surface area (Å²) in [7, 11) is 6.94. The van der Waals surface area contributed by atoms with Gasteiger partial charge in [-0.15, -0.1) is 0 Å². The molecular weight excluding hydrogens is 154 g/mol. The Hall–Kier alpha value is -0.185. The lowest BCUT2D eigenvalue weighted by Gasteiger charge is -2.17. The number of rotatable bonds is 0. The molecule has 5 heteroatoms. The lowest BCUT2D eigenvalue weighted by molar-refractivity contribution is -0.169. The molecule has 0 aromatic heterocycles. The molecule has 1 rings (SSSR count). The molecule has 0 spiro atoms. The molecule has 2 atom stereocenters. The number of hydrogen-bond acceptors (Lipinski definition) is 1. The number of nitrogens with zero attached hydrogens (tertiary/aromatic N) is 1. The molecule has 11 heavy (non-hydrogen) atoms. The molecule has 1 nitrogen and oxygen atoms in total. The highest BCUT2D eigenvalue weighted by Gasteiger charge is 2.46. The number of hydrogen-bond donors (Lipinski definition) is 0. The molecule has 1 heterocycles. The molecule has 0 aliphatic carbocycles. The van der Waals surface area contributed by atoms with Crippen LogP contribution in [0.1, 0.15) is 0 Å². The first-order valence-corrected chi connectivity index (χ1v) is 3.42. The van der Waals surface area contributed by atoms with Crippen LogP contribution in [0.3, 0.4) is 0 Å². The first-order chi connectivity index (χ1) is 4.91. The Balaban J connectivity index is 2.60. The van der Waals surface area contributed by atoms with Crippen LogP contribution in [-0.4, -0.2) is 39.1 Å². The van der Waals surface area contributed by atoms with Crippen LogP contribution in [0.25, 0.3) is 0 Å². The van der Waals surface area contributed by atoms with Crippen molar-refractivity contribution in [1.29, 1.82) is 0 Å². The lowest BCUT2D eigenvalue weighted by Crippen LogP contribution is -2.27. The van der Waals surface area contributed by atoms with Crippen molar-refractivity contribution in [2.24, 2.45) is 5.92 Å². The normalized spacial score (nSPS) is 34.5. The Morgan fingerprint density at radius 3 is 2.09 bits per heavy atom. The Kier molecular flexibility index (Phi) is 2.18. The second-order valence-corrected chi connectivity index (χ2v) is 3.03. The summed E-state index contributed by atoms with van der Waals surface area (Å²) in [5, 5.41) is 0. The molecule has 0 aromatic carbocycles. The summed E-state index contributed by atoms with van der Waals surface area (Å²) >= 11 is 0. The molecular formula is C6H9BF3N. The van der Waals surface area contributed by atoms with Crippen molar-refractivity contribution in [2.75, 3.05) is 20.1 Å². The van der Waals surface area contributed by atoms with E-state index in [1.165, 1.54) is 0 Å². The zero-order valence-corrected chi connectivity index (χ0v) is 6.23. The zero-order chi connectivity index (χ0) is 8.65. The number of likely N-dealkylation sites (tertiary alicyclic amines) is 1. The van der Waals surface area contributed by atoms with Gasteiger partial charge < -0.3 is 4.90 Å². The van der Waals surface area contributed by atoms with Crippen molar-refractivity contribution in [3.63, 3.8) is 0 Å². The Morgan fingerprint density at radius 2 is 1.91 bits per heavy atom. The van der Waals surface area contributed by atoms with Crippen molar-refractivity contribution in [3.8, 4) is 0 Å². The third-order valence-electron chi connectivity index (χ3n) is 1.97. The van der Waals surface area contributed by atoms with Crippen molar-refractivity contribution in [2.45, 2.75) is 12.0 Å². The fourth-order valence-corrected chi connectivity index (χ4v) is 1.38. The minimum Gasteiger partial charge on any atom is -0.306 e. The van der Waals surface area contributed by atoms with Crippen LogP contribution in [0.2, 0.25) is 5.82 Å². The van der Waals surface area contributed by atoms with Gasteiger partial charge in [0.15, 0.2) is 0 Å². The molecule has 1 fully saturated rings. The quantitative estimate of drug-likeness (QED) is 0.482. The van der Waals surface area contributed by atoms with Gasteiger partial charge in [0.25, 0.3) is 0 Å². The Labute approximate surface area is 65.0 Å². The molecule has 1 aliphatic rings. The second kappa shape index (κ2) is 2.70. The zero-order valence-electron chi connectivity index (χ0n) is 6.23.